The molecule has 0 saturated carbocycles. The molecule has 104 valence electrons. The number of piperidine rings is 1. The zero-order valence-corrected chi connectivity index (χ0v) is 9.90. The van der Waals surface area contributed by atoms with Gasteiger partial charge in [-0.25, -0.2) is 17.6 Å². The Bertz CT molecular complexity index is 475. The number of benzene rings is 1. The van der Waals surface area contributed by atoms with Gasteiger partial charge in [0.25, 0.3) is 5.91 Å². The fourth-order valence-electron chi connectivity index (χ4n) is 2.01. The zero-order chi connectivity index (χ0) is 14.0. The molecule has 1 amide bonds. The lowest BCUT2D eigenvalue weighted by atomic mass is 10.1. The Morgan fingerprint density at radius 3 is 2.37 bits per heavy atom. The molecule has 1 saturated heterocycles. The van der Waals surface area contributed by atoms with Gasteiger partial charge in [-0.3, -0.25) is 4.79 Å². The highest BCUT2D eigenvalue weighted by atomic mass is 19.2. The van der Waals surface area contributed by atoms with Crippen LogP contribution < -0.4 is 10.6 Å². The van der Waals surface area contributed by atoms with E-state index in [1.54, 1.807) is 0 Å². The highest BCUT2D eigenvalue weighted by Gasteiger charge is 2.26. The van der Waals surface area contributed by atoms with E-state index in [1.165, 1.54) is 0 Å². The van der Waals surface area contributed by atoms with Gasteiger partial charge in [-0.1, -0.05) is 0 Å². The van der Waals surface area contributed by atoms with Crippen LogP contribution in [0.5, 0.6) is 0 Å². The molecular formula is C12H12F4N2O. The first-order valence-corrected chi connectivity index (χ1v) is 5.85. The Hall–Kier alpha value is -1.63. The van der Waals surface area contributed by atoms with Gasteiger partial charge in [0, 0.05) is 18.7 Å². The third kappa shape index (κ3) is 2.86. The van der Waals surface area contributed by atoms with E-state index in [9.17, 15) is 22.4 Å². The molecule has 1 fully saturated rings. The third-order valence-electron chi connectivity index (χ3n) is 2.97. The zero-order valence-electron chi connectivity index (χ0n) is 9.90. The van der Waals surface area contributed by atoms with Crippen LogP contribution in [0, 0.1) is 23.3 Å². The molecule has 1 heterocycles. The van der Waals surface area contributed by atoms with Crippen molar-refractivity contribution in [2.75, 3.05) is 13.1 Å². The number of halogens is 4. The number of carbonyl (C=O) groups is 1. The summed E-state index contributed by atoms with van der Waals surface area (Å²) in [5.41, 5.74) is -1.22. The Labute approximate surface area is 107 Å². The number of amides is 1. The second-order valence-electron chi connectivity index (χ2n) is 4.36. The van der Waals surface area contributed by atoms with Crippen molar-refractivity contribution in [1.29, 1.82) is 0 Å². The summed E-state index contributed by atoms with van der Waals surface area (Å²) in [5.74, 6) is -7.70. The van der Waals surface area contributed by atoms with Crippen molar-refractivity contribution in [1.82, 2.24) is 10.6 Å². The lowest BCUT2D eigenvalue weighted by molar-refractivity contribution is 0.0919. The Kier molecular flexibility index (Phi) is 4.04. The smallest absolute Gasteiger partial charge is 0.257 e. The highest BCUT2D eigenvalue weighted by Crippen LogP contribution is 2.19. The van der Waals surface area contributed by atoms with Gasteiger partial charge >= 0.3 is 0 Å². The molecule has 0 aromatic heterocycles. The van der Waals surface area contributed by atoms with Crippen LogP contribution >= 0.6 is 0 Å². The summed E-state index contributed by atoms with van der Waals surface area (Å²) in [5, 5.41) is 5.35. The van der Waals surface area contributed by atoms with Crippen molar-refractivity contribution in [3.05, 3.63) is 34.9 Å². The number of hydrogen-bond acceptors (Lipinski definition) is 2. The largest absolute Gasteiger partial charge is 0.348 e. The first-order valence-electron chi connectivity index (χ1n) is 5.85. The predicted molar refractivity (Wildman–Crippen MR) is 59.6 cm³/mol. The third-order valence-corrected chi connectivity index (χ3v) is 2.97. The predicted octanol–water partition coefficient (Wildman–Crippen LogP) is 1.72. The second kappa shape index (κ2) is 5.56. The number of carbonyl (C=O) groups excluding carboxylic acids is 1. The van der Waals surface area contributed by atoms with Gasteiger partial charge in [0.2, 0.25) is 0 Å². The minimum Gasteiger partial charge on any atom is -0.348 e. The fraction of sp³-hybridized carbons (Fsp3) is 0.417. The van der Waals surface area contributed by atoms with Crippen LogP contribution in [0.1, 0.15) is 23.2 Å². The molecule has 0 unspecified atom stereocenters. The summed E-state index contributed by atoms with van der Waals surface area (Å²) >= 11 is 0. The Morgan fingerprint density at radius 2 is 1.84 bits per heavy atom. The molecule has 1 aliphatic rings. The SMILES string of the molecule is O=C(N[C@H]1CCCNC1)c1c(F)c(F)cc(F)c1F. The molecule has 19 heavy (non-hydrogen) atoms. The summed E-state index contributed by atoms with van der Waals surface area (Å²) in [6, 6.07) is -0.241. The molecule has 1 aromatic rings. The molecule has 7 heteroatoms. The lowest BCUT2D eigenvalue weighted by Gasteiger charge is -2.24. The van der Waals surface area contributed by atoms with Crippen molar-refractivity contribution in [3.8, 4) is 0 Å². The van der Waals surface area contributed by atoms with Crippen molar-refractivity contribution in [3.63, 3.8) is 0 Å². The second-order valence-corrected chi connectivity index (χ2v) is 4.36. The number of hydrogen-bond donors (Lipinski definition) is 2. The van der Waals surface area contributed by atoms with E-state index in [4.69, 9.17) is 0 Å². The van der Waals surface area contributed by atoms with Gasteiger partial charge < -0.3 is 10.6 Å². The van der Waals surface area contributed by atoms with E-state index in [1.807, 2.05) is 0 Å². The van der Waals surface area contributed by atoms with Gasteiger partial charge in [0.15, 0.2) is 23.3 Å². The van der Waals surface area contributed by atoms with E-state index in [2.05, 4.69) is 10.6 Å². The molecule has 2 N–H and O–H groups in total. The quantitative estimate of drug-likeness (QED) is 0.638. The van der Waals surface area contributed by atoms with E-state index < -0.39 is 34.7 Å². The van der Waals surface area contributed by atoms with Crippen LogP contribution in [0.2, 0.25) is 0 Å². The maximum Gasteiger partial charge on any atom is 0.257 e. The molecule has 1 atom stereocenters. The fourth-order valence-corrected chi connectivity index (χ4v) is 2.01. The van der Waals surface area contributed by atoms with Gasteiger partial charge in [-0.05, 0) is 19.4 Å². The average Bonchev–Trinajstić information content (AvgIpc) is 2.38. The van der Waals surface area contributed by atoms with Crippen molar-refractivity contribution >= 4 is 5.91 Å². The van der Waals surface area contributed by atoms with Gasteiger partial charge in [0.05, 0.1) is 0 Å². The summed E-state index contributed by atoms with van der Waals surface area (Å²) in [7, 11) is 0. The maximum absolute atomic E-state index is 13.4. The van der Waals surface area contributed by atoms with Crippen LogP contribution in [0.3, 0.4) is 0 Å². The molecule has 2 rings (SSSR count). The van der Waals surface area contributed by atoms with Gasteiger partial charge in [-0.2, -0.15) is 0 Å². The summed E-state index contributed by atoms with van der Waals surface area (Å²) < 4.78 is 52.7. The first kappa shape index (κ1) is 13.8. The van der Waals surface area contributed by atoms with E-state index >= 15 is 0 Å². The Balaban J connectivity index is 2.23. The Morgan fingerprint density at radius 1 is 1.21 bits per heavy atom. The minimum atomic E-state index is -1.68. The first-order chi connectivity index (χ1) is 9.00. The monoisotopic (exact) mass is 276 g/mol. The molecule has 1 aromatic carbocycles. The highest BCUT2D eigenvalue weighted by molar-refractivity contribution is 5.95. The maximum atomic E-state index is 13.4. The van der Waals surface area contributed by atoms with Crippen LogP contribution in [-0.2, 0) is 0 Å². The topological polar surface area (TPSA) is 41.1 Å². The lowest BCUT2D eigenvalue weighted by Crippen LogP contribution is -2.46. The van der Waals surface area contributed by atoms with Crippen LogP contribution in [0.4, 0.5) is 17.6 Å². The van der Waals surface area contributed by atoms with Crippen LogP contribution in [0.25, 0.3) is 0 Å². The standard InChI is InChI=1S/C12H12F4N2O/c13-7-4-8(14)11(16)9(10(7)15)12(19)18-6-2-1-3-17-5-6/h4,6,17H,1-3,5H2,(H,18,19)/t6-/m0/s1. The molecule has 3 nitrogen and oxygen atoms in total. The van der Waals surface area contributed by atoms with E-state index in [0.717, 1.165) is 13.0 Å². The van der Waals surface area contributed by atoms with E-state index in [-0.39, 0.29) is 12.1 Å². The number of nitrogens with one attached hydrogen (secondary N) is 2. The van der Waals surface area contributed by atoms with Gasteiger partial charge in [0.1, 0.15) is 5.56 Å². The summed E-state index contributed by atoms with van der Waals surface area (Å²) in [6.07, 6.45) is 1.44. The van der Waals surface area contributed by atoms with Gasteiger partial charge in [-0.15, -0.1) is 0 Å². The molecule has 1 aliphatic heterocycles. The van der Waals surface area contributed by atoms with Crippen LogP contribution in [-0.4, -0.2) is 25.0 Å². The van der Waals surface area contributed by atoms with Crippen molar-refractivity contribution < 1.29 is 22.4 Å². The van der Waals surface area contributed by atoms with Crippen LogP contribution in [0.15, 0.2) is 6.07 Å². The molecule has 0 spiro atoms. The minimum absolute atomic E-state index is 0.0730. The molecular weight excluding hydrogens is 264 g/mol. The summed E-state index contributed by atoms with van der Waals surface area (Å²) in [4.78, 5) is 11.7. The average molecular weight is 276 g/mol. The van der Waals surface area contributed by atoms with E-state index in [0.29, 0.717) is 13.0 Å². The molecule has 0 aliphatic carbocycles. The van der Waals surface area contributed by atoms with Crippen molar-refractivity contribution in [2.45, 2.75) is 18.9 Å². The van der Waals surface area contributed by atoms with Crippen molar-refractivity contribution in [2.24, 2.45) is 0 Å². The normalized spacial score (nSPS) is 19.3. The molecule has 0 radical (unpaired) electrons. The summed E-state index contributed by atoms with van der Waals surface area (Å²) in [6.45, 7) is 1.25. The number of rotatable bonds is 2. The molecule has 0 bridgehead atoms.